The van der Waals surface area contributed by atoms with Crippen LogP contribution in [0.25, 0.3) is 0 Å². The molecule has 0 fully saturated rings. The summed E-state index contributed by atoms with van der Waals surface area (Å²) in [5.41, 5.74) is 0.874. The Labute approximate surface area is 118 Å². The predicted molar refractivity (Wildman–Crippen MR) is 75.3 cm³/mol. The van der Waals surface area contributed by atoms with Crippen molar-refractivity contribution in [2.45, 2.75) is 26.2 Å². The van der Waals surface area contributed by atoms with E-state index in [1.807, 2.05) is 33.0 Å². The molecule has 0 bridgehead atoms. The summed E-state index contributed by atoms with van der Waals surface area (Å²) in [5.74, 6) is 0. The van der Waals surface area contributed by atoms with Crippen LogP contribution in [-0.4, -0.2) is 26.6 Å². The van der Waals surface area contributed by atoms with Gasteiger partial charge in [-0.2, -0.15) is 0 Å². The van der Waals surface area contributed by atoms with Gasteiger partial charge in [-0.25, -0.2) is 0 Å². The SMILES string of the molecule is CCOC(OCC)C(NC)c1cccc(Cl)c1Cl. The van der Waals surface area contributed by atoms with Crippen molar-refractivity contribution in [1.82, 2.24) is 5.32 Å². The number of halogens is 2. The van der Waals surface area contributed by atoms with Crippen molar-refractivity contribution in [3.8, 4) is 0 Å². The molecule has 0 amide bonds. The normalized spacial score (nSPS) is 13.0. The van der Waals surface area contributed by atoms with Crippen LogP contribution in [0.1, 0.15) is 25.5 Å². The van der Waals surface area contributed by atoms with Crippen molar-refractivity contribution in [2.24, 2.45) is 0 Å². The molecule has 0 saturated heterocycles. The molecule has 5 heteroatoms. The number of likely N-dealkylation sites (N-methyl/N-ethyl adjacent to an activating group) is 1. The minimum atomic E-state index is -0.388. The van der Waals surface area contributed by atoms with E-state index in [1.165, 1.54) is 0 Å². The van der Waals surface area contributed by atoms with E-state index >= 15 is 0 Å². The Morgan fingerprint density at radius 1 is 1.17 bits per heavy atom. The van der Waals surface area contributed by atoms with Crippen LogP contribution in [-0.2, 0) is 9.47 Å². The third kappa shape index (κ3) is 3.84. The van der Waals surface area contributed by atoms with E-state index in [-0.39, 0.29) is 12.3 Å². The second-order valence-electron chi connectivity index (χ2n) is 3.69. The lowest BCUT2D eigenvalue weighted by Gasteiger charge is -2.27. The quantitative estimate of drug-likeness (QED) is 0.778. The molecule has 1 atom stereocenters. The van der Waals surface area contributed by atoms with Crippen LogP contribution in [0.15, 0.2) is 18.2 Å². The molecule has 3 nitrogen and oxygen atoms in total. The zero-order valence-electron chi connectivity index (χ0n) is 10.9. The summed E-state index contributed by atoms with van der Waals surface area (Å²) in [7, 11) is 1.84. The van der Waals surface area contributed by atoms with Gasteiger partial charge >= 0.3 is 0 Å². The second-order valence-corrected chi connectivity index (χ2v) is 4.47. The van der Waals surface area contributed by atoms with Crippen LogP contribution in [0, 0.1) is 0 Å². The smallest absolute Gasteiger partial charge is 0.176 e. The number of rotatable bonds is 7. The summed E-state index contributed by atoms with van der Waals surface area (Å²) >= 11 is 12.3. The average Bonchev–Trinajstić information content (AvgIpc) is 2.36. The largest absolute Gasteiger partial charge is 0.351 e. The summed E-state index contributed by atoms with van der Waals surface area (Å²) in [6.45, 7) is 5.00. The zero-order valence-corrected chi connectivity index (χ0v) is 12.4. The molecular formula is C13H19Cl2NO2. The van der Waals surface area contributed by atoms with E-state index in [4.69, 9.17) is 32.7 Å². The zero-order chi connectivity index (χ0) is 13.5. The molecule has 0 radical (unpaired) electrons. The lowest BCUT2D eigenvalue weighted by Crippen LogP contribution is -2.34. The minimum Gasteiger partial charge on any atom is -0.351 e. The number of nitrogens with one attached hydrogen (secondary N) is 1. The van der Waals surface area contributed by atoms with Gasteiger partial charge in [-0.3, -0.25) is 0 Å². The van der Waals surface area contributed by atoms with Crippen LogP contribution < -0.4 is 5.32 Å². The molecule has 1 unspecified atom stereocenters. The van der Waals surface area contributed by atoms with Crippen molar-refractivity contribution in [3.63, 3.8) is 0 Å². The third-order valence-electron chi connectivity index (χ3n) is 2.56. The molecule has 0 spiro atoms. The highest BCUT2D eigenvalue weighted by Gasteiger charge is 2.25. The summed E-state index contributed by atoms with van der Waals surface area (Å²) < 4.78 is 11.2. The van der Waals surface area contributed by atoms with Crippen molar-refractivity contribution in [1.29, 1.82) is 0 Å². The number of hydrogen-bond donors (Lipinski definition) is 1. The van der Waals surface area contributed by atoms with E-state index in [1.54, 1.807) is 6.07 Å². The van der Waals surface area contributed by atoms with Gasteiger partial charge in [0, 0.05) is 13.2 Å². The Hall–Kier alpha value is -0.320. The summed E-state index contributed by atoms with van der Waals surface area (Å²) in [6.07, 6.45) is -0.388. The Balaban J connectivity index is 3.02. The van der Waals surface area contributed by atoms with Crippen molar-refractivity contribution >= 4 is 23.2 Å². The van der Waals surface area contributed by atoms with E-state index in [0.29, 0.717) is 23.3 Å². The maximum absolute atomic E-state index is 6.23. The lowest BCUT2D eigenvalue weighted by atomic mass is 10.1. The minimum absolute atomic E-state index is 0.156. The van der Waals surface area contributed by atoms with E-state index in [9.17, 15) is 0 Å². The molecule has 102 valence electrons. The fourth-order valence-corrected chi connectivity index (χ4v) is 2.19. The molecule has 0 aliphatic rings. The topological polar surface area (TPSA) is 30.5 Å². The lowest BCUT2D eigenvalue weighted by molar-refractivity contribution is -0.154. The first-order valence-electron chi connectivity index (χ1n) is 6.00. The molecule has 0 aliphatic heterocycles. The van der Waals surface area contributed by atoms with Crippen LogP contribution in [0.2, 0.25) is 10.0 Å². The first-order valence-corrected chi connectivity index (χ1v) is 6.75. The molecule has 1 aromatic rings. The fourth-order valence-electron chi connectivity index (χ4n) is 1.77. The Morgan fingerprint density at radius 3 is 2.28 bits per heavy atom. The van der Waals surface area contributed by atoms with E-state index in [0.717, 1.165) is 5.56 Å². The second kappa shape index (κ2) is 7.97. The van der Waals surface area contributed by atoms with Crippen molar-refractivity contribution in [2.75, 3.05) is 20.3 Å². The van der Waals surface area contributed by atoms with Gasteiger partial charge in [0.2, 0.25) is 0 Å². The maximum Gasteiger partial charge on any atom is 0.176 e. The molecule has 0 aliphatic carbocycles. The van der Waals surface area contributed by atoms with Gasteiger partial charge < -0.3 is 14.8 Å². The fraction of sp³-hybridized carbons (Fsp3) is 0.538. The molecular weight excluding hydrogens is 273 g/mol. The van der Waals surface area contributed by atoms with Crippen molar-refractivity contribution in [3.05, 3.63) is 33.8 Å². The van der Waals surface area contributed by atoms with Crippen LogP contribution in [0.4, 0.5) is 0 Å². The Morgan fingerprint density at radius 2 is 1.78 bits per heavy atom. The number of hydrogen-bond acceptors (Lipinski definition) is 3. The summed E-state index contributed by atoms with van der Waals surface area (Å²) in [4.78, 5) is 0. The third-order valence-corrected chi connectivity index (χ3v) is 3.40. The van der Waals surface area contributed by atoms with Crippen LogP contribution in [0.3, 0.4) is 0 Å². The molecule has 0 aromatic heterocycles. The standard InChI is InChI=1S/C13H19Cl2NO2/c1-4-17-13(18-5-2)12(16-3)9-7-6-8-10(14)11(9)15/h6-8,12-13,16H,4-5H2,1-3H3. The molecule has 0 saturated carbocycles. The highest BCUT2D eigenvalue weighted by atomic mass is 35.5. The first kappa shape index (κ1) is 15.7. The van der Waals surface area contributed by atoms with Crippen LogP contribution in [0.5, 0.6) is 0 Å². The van der Waals surface area contributed by atoms with Gasteiger partial charge in [-0.05, 0) is 32.5 Å². The van der Waals surface area contributed by atoms with Gasteiger partial charge in [0.05, 0.1) is 16.1 Å². The number of benzene rings is 1. The van der Waals surface area contributed by atoms with Gasteiger partial charge in [-0.1, -0.05) is 35.3 Å². The highest BCUT2D eigenvalue weighted by Crippen LogP contribution is 2.32. The average molecular weight is 292 g/mol. The highest BCUT2D eigenvalue weighted by molar-refractivity contribution is 6.42. The maximum atomic E-state index is 6.23. The van der Waals surface area contributed by atoms with Gasteiger partial charge in [-0.15, -0.1) is 0 Å². The molecule has 1 aromatic carbocycles. The predicted octanol–water partition coefficient (Wildman–Crippen LogP) is 3.65. The van der Waals surface area contributed by atoms with Crippen LogP contribution >= 0.6 is 23.2 Å². The summed E-state index contributed by atoms with van der Waals surface area (Å²) in [6, 6.07) is 5.39. The molecule has 1 N–H and O–H groups in total. The first-order chi connectivity index (χ1) is 8.65. The van der Waals surface area contributed by atoms with E-state index < -0.39 is 0 Å². The van der Waals surface area contributed by atoms with Gasteiger partial charge in [0.25, 0.3) is 0 Å². The Bertz CT molecular complexity index is 368. The summed E-state index contributed by atoms with van der Waals surface area (Å²) in [5, 5.41) is 4.22. The van der Waals surface area contributed by atoms with E-state index in [2.05, 4.69) is 5.32 Å². The van der Waals surface area contributed by atoms with Gasteiger partial charge in [0.15, 0.2) is 6.29 Å². The monoisotopic (exact) mass is 291 g/mol. The molecule has 1 rings (SSSR count). The van der Waals surface area contributed by atoms with Gasteiger partial charge in [0.1, 0.15) is 0 Å². The Kier molecular flexibility index (Phi) is 6.97. The molecule has 18 heavy (non-hydrogen) atoms. The van der Waals surface area contributed by atoms with Crippen molar-refractivity contribution < 1.29 is 9.47 Å². The molecule has 0 heterocycles. The number of ether oxygens (including phenoxy) is 2.